The molecule has 4 nitrogen and oxygen atoms in total. The highest BCUT2D eigenvalue weighted by atomic mass is 16.7. The Kier molecular flexibility index (Phi) is 7.25. The van der Waals surface area contributed by atoms with Crippen LogP contribution in [0.2, 0.25) is 0 Å². The van der Waals surface area contributed by atoms with Crippen LogP contribution in [-0.2, 0) is 19.1 Å². The van der Waals surface area contributed by atoms with Crippen molar-refractivity contribution in [2.24, 2.45) is 0 Å². The third-order valence-corrected chi connectivity index (χ3v) is 1.94. The zero-order chi connectivity index (χ0) is 12.6. The fraction of sp³-hybridized carbons (Fsp3) is 0.667. The zero-order valence-electron chi connectivity index (χ0n) is 10.4. The Hall–Kier alpha value is -1.32. The number of ether oxygens (including phenoxy) is 2. The molecule has 0 aromatic rings. The number of carbonyl (C=O) groups excluding carboxylic acids is 2. The largest absolute Gasteiger partial charge is 0.421 e. The van der Waals surface area contributed by atoms with Crippen LogP contribution in [0.5, 0.6) is 0 Å². The molecule has 0 saturated heterocycles. The molecule has 0 aromatic heterocycles. The molecule has 0 unspecified atom stereocenters. The quantitative estimate of drug-likeness (QED) is 0.303. The van der Waals surface area contributed by atoms with Gasteiger partial charge in [0.25, 0.3) is 6.29 Å². The molecule has 0 fully saturated rings. The van der Waals surface area contributed by atoms with Crippen LogP contribution < -0.4 is 0 Å². The number of allylic oxidation sites excluding steroid dienone is 1. The van der Waals surface area contributed by atoms with Gasteiger partial charge in [-0.15, -0.1) is 0 Å². The summed E-state index contributed by atoms with van der Waals surface area (Å²) in [5.74, 6) is -0.927. The summed E-state index contributed by atoms with van der Waals surface area (Å²) < 4.78 is 9.81. The Balaban J connectivity index is 4.41. The zero-order valence-corrected chi connectivity index (χ0v) is 10.4. The van der Waals surface area contributed by atoms with Gasteiger partial charge in [-0.25, -0.2) is 0 Å². The normalized spacial score (nSPS) is 11.4. The minimum atomic E-state index is -0.883. The van der Waals surface area contributed by atoms with Crippen LogP contribution in [0.4, 0.5) is 0 Å². The molecule has 0 aliphatic rings. The van der Waals surface area contributed by atoms with E-state index in [4.69, 9.17) is 9.47 Å². The molecule has 0 aliphatic carbocycles. The summed E-state index contributed by atoms with van der Waals surface area (Å²) >= 11 is 0. The van der Waals surface area contributed by atoms with Crippen LogP contribution in [0.3, 0.4) is 0 Å². The van der Waals surface area contributed by atoms with Crippen molar-refractivity contribution in [3.05, 3.63) is 11.6 Å². The lowest BCUT2D eigenvalue weighted by Gasteiger charge is -2.17. The number of hydrogen-bond donors (Lipinski definition) is 0. The molecule has 0 radical (unpaired) electrons. The molecule has 0 heterocycles. The van der Waals surface area contributed by atoms with Crippen molar-refractivity contribution in [2.75, 3.05) is 0 Å². The second-order valence-corrected chi connectivity index (χ2v) is 3.64. The molecule has 0 bridgehead atoms. The summed E-state index contributed by atoms with van der Waals surface area (Å²) in [6, 6.07) is 0. The van der Waals surface area contributed by atoms with E-state index in [1.165, 1.54) is 13.8 Å². The standard InChI is InChI=1S/C12H20O4/c1-5-6-7-8-9(2)12(15-10(3)13)16-11(4)14/h8,12H,5-7H2,1-4H3/b9-8+. The lowest BCUT2D eigenvalue weighted by atomic mass is 10.2. The SMILES string of the molecule is CCCC/C=C(\C)C(OC(C)=O)OC(C)=O. The van der Waals surface area contributed by atoms with Crippen molar-refractivity contribution in [1.29, 1.82) is 0 Å². The van der Waals surface area contributed by atoms with E-state index in [-0.39, 0.29) is 0 Å². The summed E-state index contributed by atoms with van der Waals surface area (Å²) in [6.45, 7) is 6.45. The third kappa shape index (κ3) is 7.04. The predicted molar refractivity (Wildman–Crippen MR) is 60.6 cm³/mol. The van der Waals surface area contributed by atoms with Gasteiger partial charge >= 0.3 is 11.9 Å². The van der Waals surface area contributed by atoms with Crippen molar-refractivity contribution in [3.8, 4) is 0 Å². The van der Waals surface area contributed by atoms with Gasteiger partial charge in [-0.2, -0.15) is 0 Å². The van der Waals surface area contributed by atoms with E-state index in [0.717, 1.165) is 24.8 Å². The van der Waals surface area contributed by atoms with Crippen LogP contribution in [0.1, 0.15) is 47.0 Å². The summed E-state index contributed by atoms with van der Waals surface area (Å²) in [5, 5.41) is 0. The highest BCUT2D eigenvalue weighted by molar-refractivity contribution is 5.68. The lowest BCUT2D eigenvalue weighted by molar-refractivity contribution is -0.178. The van der Waals surface area contributed by atoms with Gasteiger partial charge in [-0.05, 0) is 13.3 Å². The molecule has 0 amide bonds. The fourth-order valence-electron chi connectivity index (χ4n) is 1.14. The number of hydrogen-bond acceptors (Lipinski definition) is 4. The number of esters is 2. The van der Waals surface area contributed by atoms with Gasteiger partial charge in [-0.3, -0.25) is 9.59 Å². The Labute approximate surface area is 96.6 Å². The van der Waals surface area contributed by atoms with E-state index in [1.54, 1.807) is 6.92 Å². The fourth-order valence-corrected chi connectivity index (χ4v) is 1.14. The second-order valence-electron chi connectivity index (χ2n) is 3.64. The molecule has 92 valence electrons. The molecular formula is C12H20O4. The minimum Gasteiger partial charge on any atom is -0.421 e. The van der Waals surface area contributed by atoms with Gasteiger partial charge in [0.15, 0.2) is 0 Å². The monoisotopic (exact) mass is 228 g/mol. The number of rotatable bonds is 6. The lowest BCUT2D eigenvalue weighted by Crippen LogP contribution is -2.23. The van der Waals surface area contributed by atoms with Crippen molar-refractivity contribution in [1.82, 2.24) is 0 Å². The van der Waals surface area contributed by atoms with Crippen LogP contribution in [0.15, 0.2) is 11.6 Å². The maximum absolute atomic E-state index is 10.8. The molecule has 0 rings (SSSR count). The summed E-state index contributed by atoms with van der Waals surface area (Å²) in [7, 11) is 0. The molecule has 0 spiro atoms. The van der Waals surface area contributed by atoms with Gasteiger partial charge in [0, 0.05) is 19.4 Å². The summed E-state index contributed by atoms with van der Waals surface area (Å²) in [4.78, 5) is 21.7. The summed E-state index contributed by atoms with van der Waals surface area (Å²) in [6.07, 6.45) is 4.09. The third-order valence-electron chi connectivity index (χ3n) is 1.94. The van der Waals surface area contributed by atoms with Gasteiger partial charge in [0.1, 0.15) is 0 Å². The van der Waals surface area contributed by atoms with Crippen molar-refractivity contribution in [2.45, 2.75) is 53.2 Å². The smallest absolute Gasteiger partial charge is 0.305 e. The van der Waals surface area contributed by atoms with Crippen molar-refractivity contribution < 1.29 is 19.1 Å². The van der Waals surface area contributed by atoms with Crippen LogP contribution >= 0.6 is 0 Å². The Bertz CT molecular complexity index is 252. The summed E-state index contributed by atoms with van der Waals surface area (Å²) in [5.41, 5.74) is 0.749. The molecular weight excluding hydrogens is 208 g/mol. The maximum Gasteiger partial charge on any atom is 0.305 e. The Morgan fingerprint density at radius 3 is 2.00 bits per heavy atom. The van der Waals surface area contributed by atoms with E-state index < -0.39 is 18.2 Å². The minimum absolute atomic E-state index is 0.463. The van der Waals surface area contributed by atoms with Crippen LogP contribution in [-0.4, -0.2) is 18.2 Å². The van der Waals surface area contributed by atoms with Gasteiger partial charge < -0.3 is 9.47 Å². The molecule has 0 atom stereocenters. The van der Waals surface area contributed by atoms with E-state index >= 15 is 0 Å². The van der Waals surface area contributed by atoms with E-state index in [2.05, 4.69) is 6.92 Å². The molecule has 4 heteroatoms. The van der Waals surface area contributed by atoms with Crippen LogP contribution in [0.25, 0.3) is 0 Å². The second kappa shape index (κ2) is 7.91. The average Bonchev–Trinajstić information content (AvgIpc) is 2.15. The molecule has 0 aromatic carbocycles. The Morgan fingerprint density at radius 2 is 1.62 bits per heavy atom. The highest BCUT2D eigenvalue weighted by Crippen LogP contribution is 2.11. The first-order valence-electron chi connectivity index (χ1n) is 5.48. The Morgan fingerprint density at radius 1 is 1.12 bits per heavy atom. The molecule has 0 N–H and O–H groups in total. The number of unbranched alkanes of at least 4 members (excludes halogenated alkanes) is 2. The first-order chi connectivity index (χ1) is 7.47. The topological polar surface area (TPSA) is 52.6 Å². The van der Waals surface area contributed by atoms with E-state index in [9.17, 15) is 9.59 Å². The van der Waals surface area contributed by atoms with Gasteiger partial charge in [0.05, 0.1) is 0 Å². The molecule has 0 saturated carbocycles. The van der Waals surface area contributed by atoms with Crippen LogP contribution in [0, 0.1) is 0 Å². The first-order valence-corrected chi connectivity index (χ1v) is 5.48. The predicted octanol–water partition coefficient (Wildman–Crippen LogP) is 2.58. The van der Waals surface area contributed by atoms with E-state index in [0.29, 0.717) is 0 Å². The average molecular weight is 228 g/mol. The molecule has 0 aliphatic heterocycles. The maximum atomic E-state index is 10.8. The van der Waals surface area contributed by atoms with Crippen molar-refractivity contribution >= 4 is 11.9 Å². The number of carbonyl (C=O) groups is 2. The van der Waals surface area contributed by atoms with Crippen molar-refractivity contribution in [3.63, 3.8) is 0 Å². The first kappa shape index (κ1) is 14.7. The highest BCUT2D eigenvalue weighted by Gasteiger charge is 2.16. The molecule has 16 heavy (non-hydrogen) atoms. The van der Waals surface area contributed by atoms with E-state index in [1.807, 2.05) is 6.08 Å². The van der Waals surface area contributed by atoms with Gasteiger partial charge in [-0.1, -0.05) is 25.8 Å². The van der Waals surface area contributed by atoms with Gasteiger partial charge in [0.2, 0.25) is 0 Å².